The fraction of sp³-hybridized carbons (Fsp3) is 0.458. The maximum atomic E-state index is 12.2. The van der Waals surface area contributed by atoms with Crippen molar-refractivity contribution >= 4 is 29.8 Å². The molecule has 0 aromatic heterocycles. The SMILES string of the molecule is CCOc1cc([C@@H](C)NCCO[C@@H](C)c2ccccc2)c(Cl)c(OCC)c1C(C)=O.Cl. The van der Waals surface area contributed by atoms with Gasteiger partial charge in [0.2, 0.25) is 0 Å². The number of ether oxygens (including phenoxy) is 3. The first-order valence-corrected chi connectivity index (χ1v) is 10.8. The van der Waals surface area contributed by atoms with Crippen molar-refractivity contribution in [2.45, 2.75) is 46.8 Å². The predicted molar refractivity (Wildman–Crippen MR) is 128 cm³/mol. The van der Waals surface area contributed by atoms with Crippen molar-refractivity contribution in [3.05, 3.63) is 58.1 Å². The lowest BCUT2D eigenvalue weighted by molar-refractivity contribution is 0.0666. The van der Waals surface area contributed by atoms with Gasteiger partial charge < -0.3 is 19.5 Å². The monoisotopic (exact) mass is 469 g/mol. The average molecular weight is 470 g/mol. The summed E-state index contributed by atoms with van der Waals surface area (Å²) in [6.45, 7) is 11.3. The highest BCUT2D eigenvalue weighted by atomic mass is 35.5. The summed E-state index contributed by atoms with van der Waals surface area (Å²) < 4.78 is 17.4. The summed E-state index contributed by atoms with van der Waals surface area (Å²) in [7, 11) is 0. The minimum atomic E-state index is -0.140. The van der Waals surface area contributed by atoms with Crippen LogP contribution < -0.4 is 14.8 Å². The van der Waals surface area contributed by atoms with Crippen molar-refractivity contribution in [2.75, 3.05) is 26.4 Å². The Balaban J connectivity index is 0.00000480. The first-order valence-electron chi connectivity index (χ1n) is 10.4. The van der Waals surface area contributed by atoms with E-state index < -0.39 is 0 Å². The van der Waals surface area contributed by atoms with E-state index in [0.717, 1.165) is 11.1 Å². The van der Waals surface area contributed by atoms with E-state index in [-0.39, 0.29) is 30.3 Å². The van der Waals surface area contributed by atoms with Gasteiger partial charge in [-0.1, -0.05) is 41.9 Å². The molecule has 0 fully saturated rings. The summed E-state index contributed by atoms with van der Waals surface area (Å²) in [4.78, 5) is 12.2. The zero-order chi connectivity index (χ0) is 22.1. The number of hydrogen-bond donors (Lipinski definition) is 1. The molecule has 0 spiro atoms. The van der Waals surface area contributed by atoms with Crippen LogP contribution in [0.1, 0.15) is 68.2 Å². The van der Waals surface area contributed by atoms with E-state index in [2.05, 4.69) is 17.4 Å². The van der Waals surface area contributed by atoms with E-state index >= 15 is 0 Å². The van der Waals surface area contributed by atoms with Gasteiger partial charge in [-0.2, -0.15) is 0 Å². The molecular formula is C24H33Cl2NO4. The Labute approximate surface area is 196 Å². The van der Waals surface area contributed by atoms with E-state index in [4.69, 9.17) is 25.8 Å². The summed E-state index contributed by atoms with van der Waals surface area (Å²) in [6.07, 6.45) is 0.0239. The van der Waals surface area contributed by atoms with Gasteiger partial charge in [0, 0.05) is 12.6 Å². The zero-order valence-electron chi connectivity index (χ0n) is 18.9. The number of carbonyl (C=O) groups is 1. The number of carbonyl (C=O) groups excluding carboxylic acids is 1. The van der Waals surface area contributed by atoms with Crippen LogP contribution in [0, 0.1) is 0 Å². The molecule has 2 rings (SSSR count). The summed E-state index contributed by atoms with van der Waals surface area (Å²) in [6, 6.07) is 11.9. The third-order valence-corrected chi connectivity index (χ3v) is 5.20. The molecular weight excluding hydrogens is 437 g/mol. The molecule has 0 saturated carbocycles. The Morgan fingerprint density at radius 2 is 1.74 bits per heavy atom. The topological polar surface area (TPSA) is 56.8 Å². The minimum absolute atomic E-state index is 0. The van der Waals surface area contributed by atoms with Crippen LogP contribution in [0.2, 0.25) is 5.02 Å². The number of halogens is 2. The van der Waals surface area contributed by atoms with Gasteiger partial charge in [-0.3, -0.25) is 4.79 Å². The van der Waals surface area contributed by atoms with Crippen molar-refractivity contribution in [1.82, 2.24) is 5.32 Å². The average Bonchev–Trinajstić information content (AvgIpc) is 2.73. The van der Waals surface area contributed by atoms with Crippen molar-refractivity contribution in [3.63, 3.8) is 0 Å². The van der Waals surface area contributed by atoms with Crippen LogP contribution in [0.25, 0.3) is 0 Å². The first-order chi connectivity index (χ1) is 14.4. The molecule has 0 bridgehead atoms. The third kappa shape index (κ3) is 7.39. The van der Waals surface area contributed by atoms with Gasteiger partial charge in [0.1, 0.15) is 11.3 Å². The van der Waals surface area contributed by atoms with E-state index in [9.17, 15) is 4.79 Å². The molecule has 0 aliphatic heterocycles. The number of rotatable bonds is 12. The van der Waals surface area contributed by atoms with E-state index in [1.54, 1.807) is 0 Å². The molecule has 0 heterocycles. The molecule has 7 heteroatoms. The van der Waals surface area contributed by atoms with Crippen LogP contribution in [0.3, 0.4) is 0 Å². The predicted octanol–water partition coefficient (Wildman–Crippen LogP) is 6.19. The third-order valence-electron chi connectivity index (χ3n) is 4.81. The molecule has 0 amide bonds. The summed E-state index contributed by atoms with van der Waals surface area (Å²) in [5.74, 6) is 0.741. The minimum Gasteiger partial charge on any atom is -0.493 e. The maximum Gasteiger partial charge on any atom is 0.167 e. The van der Waals surface area contributed by atoms with Crippen LogP contribution in [0.15, 0.2) is 36.4 Å². The smallest absolute Gasteiger partial charge is 0.167 e. The molecule has 31 heavy (non-hydrogen) atoms. The molecule has 0 aliphatic rings. The van der Waals surface area contributed by atoms with Crippen LogP contribution >= 0.6 is 24.0 Å². The van der Waals surface area contributed by atoms with Gasteiger partial charge in [-0.05, 0) is 51.8 Å². The number of hydrogen-bond acceptors (Lipinski definition) is 5. The molecule has 2 atom stereocenters. The van der Waals surface area contributed by atoms with Crippen molar-refractivity contribution in [2.24, 2.45) is 0 Å². The van der Waals surface area contributed by atoms with Crippen molar-refractivity contribution in [1.29, 1.82) is 0 Å². The molecule has 1 N–H and O–H groups in total. The fourth-order valence-corrected chi connectivity index (χ4v) is 3.64. The first kappa shape index (κ1) is 27.2. The van der Waals surface area contributed by atoms with Crippen LogP contribution in [0.5, 0.6) is 11.5 Å². The second-order valence-electron chi connectivity index (χ2n) is 7.00. The normalized spacial score (nSPS) is 12.6. The van der Waals surface area contributed by atoms with Crippen LogP contribution in [0.4, 0.5) is 0 Å². The molecule has 2 aromatic carbocycles. The Hall–Kier alpha value is -1.79. The van der Waals surface area contributed by atoms with Crippen LogP contribution in [-0.2, 0) is 4.74 Å². The largest absolute Gasteiger partial charge is 0.493 e. The molecule has 172 valence electrons. The van der Waals surface area contributed by atoms with Gasteiger partial charge in [0.25, 0.3) is 0 Å². The Morgan fingerprint density at radius 1 is 1.10 bits per heavy atom. The highest BCUT2D eigenvalue weighted by molar-refractivity contribution is 6.33. The lowest BCUT2D eigenvalue weighted by Crippen LogP contribution is -2.24. The van der Waals surface area contributed by atoms with Crippen molar-refractivity contribution < 1.29 is 19.0 Å². The number of Topliss-reactive ketones (excluding diaryl/α,β-unsaturated/α-hetero) is 1. The number of benzene rings is 2. The molecule has 0 radical (unpaired) electrons. The van der Waals surface area contributed by atoms with E-state index in [1.807, 2.05) is 52.0 Å². The second-order valence-corrected chi connectivity index (χ2v) is 7.38. The Kier molecular flexibility index (Phi) is 11.9. The zero-order valence-corrected chi connectivity index (χ0v) is 20.4. The van der Waals surface area contributed by atoms with Crippen LogP contribution in [-0.4, -0.2) is 32.1 Å². The maximum absolute atomic E-state index is 12.2. The molecule has 2 aromatic rings. The van der Waals surface area contributed by atoms with E-state index in [1.165, 1.54) is 6.92 Å². The molecule has 0 aliphatic carbocycles. The molecule has 0 saturated heterocycles. The van der Waals surface area contributed by atoms with Crippen molar-refractivity contribution in [3.8, 4) is 11.5 Å². The highest BCUT2D eigenvalue weighted by Crippen LogP contribution is 2.41. The van der Waals surface area contributed by atoms with E-state index in [0.29, 0.717) is 48.5 Å². The second kappa shape index (κ2) is 13.6. The highest BCUT2D eigenvalue weighted by Gasteiger charge is 2.24. The summed E-state index contributed by atoms with van der Waals surface area (Å²) in [5.41, 5.74) is 2.36. The number of nitrogens with one attached hydrogen (secondary N) is 1. The van der Waals surface area contributed by atoms with Gasteiger partial charge >= 0.3 is 0 Å². The Bertz CT molecular complexity index is 830. The van der Waals surface area contributed by atoms with Gasteiger partial charge in [0.05, 0.1) is 30.9 Å². The van der Waals surface area contributed by atoms with Gasteiger partial charge in [0.15, 0.2) is 11.5 Å². The molecule has 0 unspecified atom stereocenters. The molecule has 5 nitrogen and oxygen atoms in total. The number of ketones is 1. The van der Waals surface area contributed by atoms with Gasteiger partial charge in [-0.25, -0.2) is 0 Å². The quantitative estimate of drug-likeness (QED) is 0.296. The standard InChI is InChI=1S/C24H32ClNO4.ClH/c1-6-28-21-15-20(23(25)24(29-7-2)22(21)17(4)27)16(3)26-13-14-30-18(5)19-11-9-8-10-12-19;/h8-12,15-16,18,26H,6-7,13-14H2,1-5H3;1H/t16-,18+;/m1./s1. The lowest BCUT2D eigenvalue weighted by Gasteiger charge is -2.22. The lowest BCUT2D eigenvalue weighted by atomic mass is 10.0. The van der Waals surface area contributed by atoms with Gasteiger partial charge in [-0.15, -0.1) is 12.4 Å². The Morgan fingerprint density at radius 3 is 2.32 bits per heavy atom. The fourth-order valence-electron chi connectivity index (χ4n) is 3.27. The summed E-state index contributed by atoms with van der Waals surface area (Å²) >= 11 is 6.64. The summed E-state index contributed by atoms with van der Waals surface area (Å²) in [5, 5.41) is 3.86.